The van der Waals surface area contributed by atoms with E-state index in [1.165, 1.54) is 11.8 Å². The van der Waals surface area contributed by atoms with E-state index >= 15 is 0 Å². The van der Waals surface area contributed by atoms with Crippen LogP contribution in [0.3, 0.4) is 0 Å². The lowest BCUT2D eigenvalue weighted by Crippen LogP contribution is -2.24. The number of rotatable bonds is 6. The molecule has 0 fully saturated rings. The van der Waals surface area contributed by atoms with E-state index in [0.29, 0.717) is 18.1 Å². The average molecular weight is 398 g/mol. The number of fused-ring (bicyclic) bond motifs is 1. The predicted octanol–water partition coefficient (Wildman–Crippen LogP) is 4.83. The average Bonchev–Trinajstić information content (AvgIpc) is 3.38. The van der Waals surface area contributed by atoms with E-state index in [2.05, 4.69) is 10.3 Å². The van der Waals surface area contributed by atoms with Gasteiger partial charge in [0.25, 0.3) is 0 Å². The van der Waals surface area contributed by atoms with Crippen LogP contribution in [-0.2, 0) is 11.3 Å². The van der Waals surface area contributed by atoms with Crippen molar-refractivity contribution in [1.29, 1.82) is 0 Å². The molecule has 4 aromatic rings. The van der Waals surface area contributed by atoms with Gasteiger partial charge in [0.05, 0.1) is 22.7 Å². The predicted molar refractivity (Wildman–Crippen MR) is 110 cm³/mol. The SMILES string of the molecule is O=C(CSc1nc(-c2cccs2)nc2ccccc12)NCc1cccs1. The first-order chi connectivity index (χ1) is 12.8. The lowest BCUT2D eigenvalue weighted by molar-refractivity contribution is -0.118. The molecule has 4 nitrogen and oxygen atoms in total. The Balaban J connectivity index is 1.52. The number of carbonyl (C=O) groups excluding carboxylic acids is 1. The molecule has 26 heavy (non-hydrogen) atoms. The third-order valence-corrected chi connectivity index (χ3v) is 6.42. The first-order valence-corrected chi connectivity index (χ1v) is 10.8. The fourth-order valence-corrected chi connectivity index (χ4v) is 4.61. The molecule has 0 radical (unpaired) electrons. The summed E-state index contributed by atoms with van der Waals surface area (Å²) in [6.45, 7) is 0.571. The van der Waals surface area contributed by atoms with E-state index in [0.717, 1.165) is 25.7 Å². The highest BCUT2D eigenvalue weighted by Gasteiger charge is 2.12. The van der Waals surface area contributed by atoms with Crippen molar-refractivity contribution in [2.45, 2.75) is 11.6 Å². The number of thioether (sulfide) groups is 1. The van der Waals surface area contributed by atoms with Gasteiger partial charge in [-0.15, -0.1) is 22.7 Å². The minimum absolute atomic E-state index is 0.00349. The van der Waals surface area contributed by atoms with Crippen LogP contribution in [-0.4, -0.2) is 21.6 Å². The van der Waals surface area contributed by atoms with Gasteiger partial charge in [-0.1, -0.05) is 42.1 Å². The van der Waals surface area contributed by atoms with Crippen molar-refractivity contribution in [3.8, 4) is 10.7 Å². The van der Waals surface area contributed by atoms with Crippen molar-refractivity contribution in [3.63, 3.8) is 0 Å². The highest BCUT2D eigenvalue weighted by Crippen LogP contribution is 2.29. The third-order valence-electron chi connectivity index (χ3n) is 3.69. The summed E-state index contributed by atoms with van der Waals surface area (Å²) >= 11 is 4.70. The molecule has 1 amide bonds. The minimum Gasteiger partial charge on any atom is -0.350 e. The van der Waals surface area contributed by atoms with E-state index in [4.69, 9.17) is 4.98 Å². The van der Waals surface area contributed by atoms with Gasteiger partial charge in [-0.05, 0) is 29.0 Å². The van der Waals surface area contributed by atoms with Crippen LogP contribution in [0.1, 0.15) is 4.88 Å². The topological polar surface area (TPSA) is 54.9 Å². The molecule has 0 saturated heterocycles. The Morgan fingerprint density at radius 3 is 2.65 bits per heavy atom. The Hall–Kier alpha value is -2.22. The maximum Gasteiger partial charge on any atom is 0.230 e. The second-order valence-electron chi connectivity index (χ2n) is 5.49. The summed E-state index contributed by atoms with van der Waals surface area (Å²) in [5.41, 5.74) is 0.896. The van der Waals surface area contributed by atoms with Crippen molar-refractivity contribution in [2.75, 3.05) is 5.75 Å². The smallest absolute Gasteiger partial charge is 0.230 e. The van der Waals surface area contributed by atoms with Crippen LogP contribution in [0.25, 0.3) is 21.6 Å². The van der Waals surface area contributed by atoms with E-state index in [9.17, 15) is 4.79 Å². The fourth-order valence-electron chi connectivity index (χ4n) is 2.46. The maximum absolute atomic E-state index is 12.2. The van der Waals surface area contributed by atoms with Crippen LogP contribution < -0.4 is 5.32 Å². The highest BCUT2D eigenvalue weighted by atomic mass is 32.2. The molecule has 4 rings (SSSR count). The van der Waals surface area contributed by atoms with Gasteiger partial charge in [0, 0.05) is 10.3 Å². The monoisotopic (exact) mass is 397 g/mol. The molecule has 1 N–H and O–H groups in total. The van der Waals surface area contributed by atoms with Crippen LogP contribution in [0.5, 0.6) is 0 Å². The molecular formula is C19H15N3OS3. The van der Waals surface area contributed by atoms with Crippen molar-refractivity contribution in [2.24, 2.45) is 0 Å². The zero-order valence-electron chi connectivity index (χ0n) is 13.7. The van der Waals surface area contributed by atoms with E-state index in [-0.39, 0.29) is 5.91 Å². The van der Waals surface area contributed by atoms with Crippen LogP contribution in [0, 0.1) is 0 Å². The molecule has 3 aromatic heterocycles. The highest BCUT2D eigenvalue weighted by molar-refractivity contribution is 8.00. The molecule has 0 aliphatic heterocycles. The van der Waals surface area contributed by atoms with Crippen molar-refractivity contribution < 1.29 is 4.79 Å². The summed E-state index contributed by atoms with van der Waals surface area (Å²) in [6, 6.07) is 15.9. The first kappa shape index (κ1) is 17.2. The van der Waals surface area contributed by atoms with Crippen molar-refractivity contribution >= 4 is 51.2 Å². The Bertz CT molecular complexity index is 1010. The number of para-hydroxylation sites is 1. The van der Waals surface area contributed by atoms with Crippen LogP contribution in [0.2, 0.25) is 0 Å². The Labute approximate surface area is 163 Å². The van der Waals surface area contributed by atoms with Crippen molar-refractivity contribution in [1.82, 2.24) is 15.3 Å². The first-order valence-electron chi connectivity index (χ1n) is 8.02. The maximum atomic E-state index is 12.2. The molecule has 0 atom stereocenters. The standard InChI is InChI=1S/C19H15N3OS3/c23-17(20-11-13-5-3-9-24-13)12-26-19-14-6-1-2-7-15(14)21-18(22-19)16-8-4-10-25-16/h1-10H,11-12H2,(H,20,23). The summed E-state index contributed by atoms with van der Waals surface area (Å²) in [6.07, 6.45) is 0. The molecule has 0 unspecified atom stereocenters. The van der Waals surface area contributed by atoms with Crippen LogP contribution >= 0.6 is 34.4 Å². The molecule has 7 heteroatoms. The number of nitrogens with zero attached hydrogens (tertiary/aromatic N) is 2. The fraction of sp³-hybridized carbons (Fsp3) is 0.105. The van der Waals surface area contributed by atoms with Crippen LogP contribution in [0.15, 0.2) is 64.3 Å². The van der Waals surface area contributed by atoms with Gasteiger partial charge in [0.2, 0.25) is 5.91 Å². The molecule has 0 spiro atoms. The van der Waals surface area contributed by atoms with Gasteiger partial charge in [-0.2, -0.15) is 0 Å². The molecule has 130 valence electrons. The zero-order valence-corrected chi connectivity index (χ0v) is 16.2. The number of hydrogen-bond donors (Lipinski definition) is 1. The van der Waals surface area contributed by atoms with Gasteiger partial charge in [-0.3, -0.25) is 4.79 Å². The van der Waals surface area contributed by atoms with Gasteiger partial charge < -0.3 is 5.32 Å². The van der Waals surface area contributed by atoms with E-state index < -0.39 is 0 Å². The largest absolute Gasteiger partial charge is 0.350 e. The number of hydrogen-bond acceptors (Lipinski definition) is 6. The lowest BCUT2D eigenvalue weighted by Gasteiger charge is -2.08. The molecule has 0 saturated carbocycles. The van der Waals surface area contributed by atoms with E-state index in [1.807, 2.05) is 59.3 Å². The van der Waals surface area contributed by atoms with E-state index in [1.54, 1.807) is 22.7 Å². The number of nitrogens with one attached hydrogen (secondary N) is 1. The Kier molecular flexibility index (Phi) is 5.29. The summed E-state index contributed by atoms with van der Waals surface area (Å²) in [7, 11) is 0. The second kappa shape index (κ2) is 7.99. The third kappa shape index (κ3) is 3.95. The number of thiophene rings is 2. The van der Waals surface area contributed by atoms with Gasteiger partial charge in [0.1, 0.15) is 5.03 Å². The van der Waals surface area contributed by atoms with Gasteiger partial charge in [-0.25, -0.2) is 9.97 Å². The van der Waals surface area contributed by atoms with Gasteiger partial charge >= 0.3 is 0 Å². The summed E-state index contributed by atoms with van der Waals surface area (Å²) < 4.78 is 0. The number of aromatic nitrogens is 2. The van der Waals surface area contributed by atoms with Gasteiger partial charge in [0.15, 0.2) is 5.82 Å². The summed E-state index contributed by atoms with van der Waals surface area (Å²) in [5, 5.41) is 8.79. The molecule has 1 aromatic carbocycles. The molecule has 3 heterocycles. The van der Waals surface area contributed by atoms with Crippen LogP contribution in [0.4, 0.5) is 0 Å². The number of carbonyl (C=O) groups is 1. The summed E-state index contributed by atoms with van der Waals surface area (Å²) in [5.74, 6) is 1.04. The zero-order chi connectivity index (χ0) is 17.8. The number of benzene rings is 1. The molecular weight excluding hydrogens is 382 g/mol. The number of amides is 1. The summed E-state index contributed by atoms with van der Waals surface area (Å²) in [4.78, 5) is 23.7. The minimum atomic E-state index is 0.00349. The molecule has 0 aliphatic rings. The quantitative estimate of drug-likeness (QED) is 0.374. The molecule has 0 bridgehead atoms. The Morgan fingerprint density at radius 1 is 1.00 bits per heavy atom. The lowest BCUT2D eigenvalue weighted by atomic mass is 10.2. The molecule has 0 aliphatic carbocycles. The Morgan fingerprint density at radius 2 is 1.85 bits per heavy atom. The second-order valence-corrected chi connectivity index (χ2v) is 8.44. The normalized spacial score (nSPS) is 10.9. The van der Waals surface area contributed by atoms with Crippen molar-refractivity contribution in [3.05, 3.63) is 64.2 Å².